The first-order valence-corrected chi connectivity index (χ1v) is 10.7. The van der Waals surface area contributed by atoms with Gasteiger partial charge in [0.2, 0.25) is 0 Å². The lowest BCUT2D eigenvalue weighted by Crippen LogP contribution is -2.16. The van der Waals surface area contributed by atoms with E-state index in [-0.39, 0.29) is 33.4 Å². The number of anilines is 1. The first kappa shape index (κ1) is 23.8. The predicted molar refractivity (Wildman–Crippen MR) is 122 cm³/mol. The Morgan fingerprint density at radius 1 is 1.26 bits per heavy atom. The minimum Gasteiger partial charge on any atom is -0.486 e. The second kappa shape index (κ2) is 9.46. The third-order valence-corrected chi connectivity index (χ3v) is 5.98. The molecule has 3 N–H and O–H groups in total. The van der Waals surface area contributed by atoms with Crippen LogP contribution < -0.4 is 15.8 Å². The van der Waals surface area contributed by atoms with Crippen LogP contribution >= 0.6 is 11.3 Å². The van der Waals surface area contributed by atoms with Crippen LogP contribution in [0.2, 0.25) is 0 Å². The Morgan fingerprint density at radius 3 is 2.60 bits per heavy atom. The van der Waals surface area contributed by atoms with E-state index in [0.717, 1.165) is 11.3 Å². The van der Waals surface area contributed by atoms with Gasteiger partial charge in [-0.2, -0.15) is 0 Å². The van der Waals surface area contributed by atoms with Gasteiger partial charge < -0.3 is 20.2 Å². The summed E-state index contributed by atoms with van der Waals surface area (Å²) in [5.41, 5.74) is 5.35. The molecular formula is C22H16F2N4O6S. The molecule has 4 aromatic rings. The van der Waals surface area contributed by atoms with E-state index < -0.39 is 28.9 Å². The fourth-order valence-corrected chi connectivity index (χ4v) is 4.35. The van der Waals surface area contributed by atoms with E-state index in [1.165, 1.54) is 42.5 Å². The number of hydrogen-bond donors (Lipinski definition) is 2. The minimum absolute atomic E-state index is 0.0383. The lowest BCUT2D eigenvalue weighted by molar-refractivity contribution is -0.384. The molecule has 2 amide bonds. The highest BCUT2D eigenvalue weighted by atomic mass is 32.1. The quantitative estimate of drug-likeness (QED) is 0.255. The van der Waals surface area contributed by atoms with Crippen LogP contribution in [0.4, 0.5) is 20.2 Å². The predicted octanol–water partition coefficient (Wildman–Crippen LogP) is 4.97. The second-order valence-corrected chi connectivity index (χ2v) is 8.27. The Hall–Kier alpha value is -4.39. The zero-order chi connectivity index (χ0) is 25.3. The Balaban J connectivity index is 1.53. The summed E-state index contributed by atoms with van der Waals surface area (Å²) >= 11 is 0.802. The van der Waals surface area contributed by atoms with Crippen molar-refractivity contribution in [3.05, 3.63) is 80.2 Å². The number of nitro benzene ring substituents is 1. The fraction of sp³-hybridized carbons (Fsp3) is 0.136. The molecule has 4 rings (SSSR count). The van der Waals surface area contributed by atoms with Crippen LogP contribution in [0.15, 0.2) is 46.9 Å². The zero-order valence-electron chi connectivity index (χ0n) is 17.9. The Kier molecular flexibility index (Phi) is 6.42. The highest BCUT2D eigenvalue weighted by molar-refractivity contribution is 7.21. The number of thiophene rings is 1. The van der Waals surface area contributed by atoms with E-state index in [2.05, 4.69) is 10.3 Å². The molecule has 180 valence electrons. The number of nitro groups is 1. The summed E-state index contributed by atoms with van der Waals surface area (Å²) in [6.07, 6.45) is -2.80. The number of carbonyl (C=O) groups excluding carboxylic acids is 2. The number of rotatable bonds is 8. The van der Waals surface area contributed by atoms with Crippen LogP contribution in [0.1, 0.15) is 43.7 Å². The Morgan fingerprint density at radius 2 is 1.97 bits per heavy atom. The summed E-state index contributed by atoms with van der Waals surface area (Å²) in [6.45, 7) is 1.50. The lowest BCUT2D eigenvalue weighted by Gasteiger charge is -2.07. The van der Waals surface area contributed by atoms with Crippen molar-refractivity contribution in [1.29, 1.82) is 0 Å². The number of ether oxygens (including phenoxy) is 1. The third-order valence-electron chi connectivity index (χ3n) is 4.88. The molecule has 13 heteroatoms. The highest BCUT2D eigenvalue weighted by Gasteiger charge is 2.24. The highest BCUT2D eigenvalue weighted by Crippen LogP contribution is 2.38. The minimum atomic E-state index is -2.80. The largest absolute Gasteiger partial charge is 0.486 e. The molecule has 10 nitrogen and oxygen atoms in total. The molecular weight excluding hydrogens is 486 g/mol. The van der Waals surface area contributed by atoms with Crippen molar-refractivity contribution in [2.75, 3.05) is 5.32 Å². The van der Waals surface area contributed by atoms with Crippen molar-refractivity contribution in [2.24, 2.45) is 5.73 Å². The van der Waals surface area contributed by atoms with Crippen LogP contribution in [0.3, 0.4) is 0 Å². The van der Waals surface area contributed by atoms with Crippen molar-refractivity contribution in [3.8, 4) is 5.75 Å². The van der Waals surface area contributed by atoms with Crippen LogP contribution in [0, 0.1) is 17.0 Å². The number of pyridine rings is 1. The van der Waals surface area contributed by atoms with Crippen LogP contribution in [-0.4, -0.2) is 21.7 Å². The number of primary amides is 1. The number of carbonyl (C=O) groups is 2. The van der Waals surface area contributed by atoms with Crippen LogP contribution in [0.25, 0.3) is 10.2 Å². The summed E-state index contributed by atoms with van der Waals surface area (Å²) in [4.78, 5) is 38.9. The molecule has 0 aliphatic rings. The van der Waals surface area contributed by atoms with Gasteiger partial charge in [0.1, 0.15) is 33.5 Å². The van der Waals surface area contributed by atoms with Crippen LogP contribution in [-0.2, 0) is 6.61 Å². The average Bonchev–Trinajstić information content (AvgIpc) is 3.43. The number of non-ortho nitro benzene ring substituents is 1. The number of furan rings is 1. The van der Waals surface area contributed by atoms with Gasteiger partial charge in [0, 0.05) is 17.5 Å². The van der Waals surface area contributed by atoms with Gasteiger partial charge in [0.25, 0.3) is 23.9 Å². The first-order chi connectivity index (χ1) is 16.6. The molecule has 1 aromatic carbocycles. The molecule has 35 heavy (non-hydrogen) atoms. The van der Waals surface area contributed by atoms with E-state index in [4.69, 9.17) is 14.9 Å². The number of nitrogens with one attached hydrogen (secondary N) is 1. The summed E-state index contributed by atoms with van der Waals surface area (Å²) in [5.74, 6) is -1.00. The maximum Gasteiger partial charge on any atom is 0.291 e. The van der Waals surface area contributed by atoms with Gasteiger partial charge >= 0.3 is 0 Å². The fourth-order valence-electron chi connectivity index (χ4n) is 3.28. The van der Waals surface area contributed by atoms with Crippen molar-refractivity contribution in [3.63, 3.8) is 0 Å². The van der Waals surface area contributed by atoms with E-state index in [1.807, 2.05) is 0 Å². The van der Waals surface area contributed by atoms with Crippen LogP contribution in [0.5, 0.6) is 5.75 Å². The Labute approximate surface area is 199 Å². The molecule has 0 aliphatic carbocycles. The molecule has 0 fully saturated rings. The Bertz CT molecular complexity index is 1450. The number of halogens is 2. The van der Waals surface area contributed by atoms with Crippen molar-refractivity contribution >= 4 is 44.7 Å². The number of amides is 2. The van der Waals surface area contributed by atoms with Gasteiger partial charge in [-0.3, -0.25) is 19.7 Å². The maximum absolute atomic E-state index is 13.1. The average molecular weight is 502 g/mol. The number of aryl methyl sites for hydroxylation is 1. The van der Waals surface area contributed by atoms with Crippen molar-refractivity contribution < 1.29 is 32.4 Å². The molecule has 0 bridgehead atoms. The number of nitrogens with zero attached hydrogens (tertiary/aromatic N) is 2. The van der Waals surface area contributed by atoms with Gasteiger partial charge in [-0.15, -0.1) is 11.3 Å². The number of aromatic nitrogens is 1. The summed E-state index contributed by atoms with van der Waals surface area (Å²) in [5, 5.41) is 13.6. The maximum atomic E-state index is 13.1. The molecule has 0 saturated carbocycles. The third kappa shape index (κ3) is 4.94. The monoisotopic (exact) mass is 502 g/mol. The van der Waals surface area contributed by atoms with E-state index in [9.17, 15) is 28.5 Å². The molecule has 0 aliphatic heterocycles. The summed E-state index contributed by atoms with van der Waals surface area (Å²) in [6, 6.07) is 9.51. The molecule has 0 saturated heterocycles. The van der Waals surface area contributed by atoms with E-state index in [0.29, 0.717) is 22.5 Å². The van der Waals surface area contributed by atoms with Crippen molar-refractivity contribution in [2.45, 2.75) is 20.0 Å². The van der Waals surface area contributed by atoms with E-state index in [1.54, 1.807) is 6.92 Å². The topological polar surface area (TPSA) is 151 Å². The van der Waals surface area contributed by atoms with Gasteiger partial charge in [-0.25, -0.2) is 13.8 Å². The second-order valence-electron chi connectivity index (χ2n) is 7.28. The summed E-state index contributed by atoms with van der Waals surface area (Å²) < 4.78 is 37.3. The normalized spacial score (nSPS) is 11.1. The number of nitrogens with two attached hydrogens (primary N) is 1. The van der Waals surface area contributed by atoms with Gasteiger partial charge in [-0.1, -0.05) is 0 Å². The van der Waals surface area contributed by atoms with E-state index >= 15 is 0 Å². The van der Waals surface area contributed by atoms with Gasteiger partial charge in [0.15, 0.2) is 5.76 Å². The summed E-state index contributed by atoms with van der Waals surface area (Å²) in [7, 11) is 0. The standard InChI is InChI=1S/C22H16F2N4O6S/c1-10-8-14(19(23)24)26-22-16(10)17(18(35-22)20(25)29)27-21(30)15-7-6-13(34-15)9-33-12-4-2-11(3-5-12)28(31)32/h2-8,19H,9H2,1H3,(H2,25,29)(H,27,30). The smallest absolute Gasteiger partial charge is 0.291 e. The molecule has 0 radical (unpaired) electrons. The molecule has 0 atom stereocenters. The SMILES string of the molecule is Cc1cc(C(F)F)nc2sc(C(N)=O)c(NC(=O)c3ccc(COc4ccc([N+](=O)[O-])cc4)o3)c12. The lowest BCUT2D eigenvalue weighted by atomic mass is 10.1. The van der Waals surface area contributed by atoms with Gasteiger partial charge in [0.05, 0.1) is 10.6 Å². The molecule has 0 spiro atoms. The number of benzene rings is 1. The number of fused-ring (bicyclic) bond motifs is 1. The first-order valence-electron chi connectivity index (χ1n) is 9.93. The molecule has 0 unspecified atom stereocenters. The molecule has 3 aromatic heterocycles. The number of alkyl halides is 2. The molecule has 3 heterocycles. The van der Waals surface area contributed by atoms with Gasteiger partial charge in [-0.05, 0) is 42.8 Å². The zero-order valence-corrected chi connectivity index (χ0v) is 18.7. The number of hydrogen-bond acceptors (Lipinski definition) is 8. The van der Waals surface area contributed by atoms with Crippen molar-refractivity contribution in [1.82, 2.24) is 4.98 Å².